The molecule has 132 valence electrons. The van der Waals surface area contributed by atoms with E-state index in [0.717, 1.165) is 10.2 Å². The minimum absolute atomic E-state index is 0.0963. The third kappa shape index (κ3) is 3.70. The summed E-state index contributed by atoms with van der Waals surface area (Å²) in [6.45, 7) is 0.307. The Hall–Kier alpha value is -2.85. The Bertz CT molecular complexity index is 907. The molecule has 0 aromatic heterocycles. The molecule has 1 atom stereocenters. The molecular weight excluding hydrogens is 398 g/mol. The Kier molecular flexibility index (Phi) is 5.24. The highest BCUT2D eigenvalue weighted by Crippen LogP contribution is 2.30. The van der Waals surface area contributed by atoms with Crippen molar-refractivity contribution in [3.8, 4) is 11.8 Å². The van der Waals surface area contributed by atoms with Gasteiger partial charge in [0.2, 0.25) is 11.8 Å². The molecule has 0 bridgehead atoms. The summed E-state index contributed by atoms with van der Waals surface area (Å²) >= 11 is 3.39. The van der Waals surface area contributed by atoms with Gasteiger partial charge in [0.05, 0.1) is 30.3 Å². The number of amides is 2. The van der Waals surface area contributed by atoms with Crippen LogP contribution in [0.4, 0.5) is 11.4 Å². The van der Waals surface area contributed by atoms with Crippen molar-refractivity contribution in [2.75, 3.05) is 23.9 Å². The van der Waals surface area contributed by atoms with E-state index in [2.05, 4.69) is 21.2 Å². The number of nitriles is 1. The van der Waals surface area contributed by atoms with E-state index in [4.69, 9.17) is 10.00 Å². The molecule has 2 aromatic carbocycles. The fraction of sp³-hybridized carbons (Fsp3) is 0.211. The lowest BCUT2D eigenvalue weighted by molar-refractivity contribution is -0.122. The number of hydrogen-bond acceptors (Lipinski definition) is 4. The predicted octanol–water partition coefficient (Wildman–Crippen LogP) is 3.32. The van der Waals surface area contributed by atoms with Crippen LogP contribution in [0.3, 0.4) is 0 Å². The zero-order valence-electron chi connectivity index (χ0n) is 14.0. The molecule has 1 aliphatic rings. The summed E-state index contributed by atoms with van der Waals surface area (Å²) in [5.41, 5.74) is 1.59. The lowest BCUT2D eigenvalue weighted by atomic mass is 10.1. The largest absolute Gasteiger partial charge is 0.495 e. The molecule has 0 radical (unpaired) electrons. The van der Waals surface area contributed by atoms with Gasteiger partial charge in [-0.25, -0.2) is 0 Å². The van der Waals surface area contributed by atoms with Crippen LogP contribution in [0.5, 0.6) is 5.75 Å². The fourth-order valence-corrected chi connectivity index (χ4v) is 3.27. The van der Waals surface area contributed by atoms with E-state index < -0.39 is 5.92 Å². The van der Waals surface area contributed by atoms with Gasteiger partial charge in [-0.15, -0.1) is 0 Å². The molecule has 2 aromatic rings. The number of hydrogen-bond donors (Lipinski definition) is 1. The monoisotopic (exact) mass is 413 g/mol. The number of carbonyl (C=O) groups is 2. The number of methoxy groups -OCH3 is 1. The Morgan fingerprint density at radius 1 is 1.35 bits per heavy atom. The first-order valence-electron chi connectivity index (χ1n) is 7.96. The molecule has 1 N–H and O–H groups in total. The minimum atomic E-state index is -0.475. The van der Waals surface area contributed by atoms with Crippen molar-refractivity contribution in [2.24, 2.45) is 5.92 Å². The molecule has 1 fully saturated rings. The number of rotatable bonds is 4. The zero-order valence-corrected chi connectivity index (χ0v) is 15.6. The molecule has 6 nitrogen and oxygen atoms in total. The number of benzene rings is 2. The van der Waals surface area contributed by atoms with Gasteiger partial charge in [0.1, 0.15) is 5.75 Å². The van der Waals surface area contributed by atoms with Gasteiger partial charge >= 0.3 is 0 Å². The third-order valence-corrected chi connectivity index (χ3v) is 4.70. The summed E-state index contributed by atoms with van der Waals surface area (Å²) in [5.74, 6) is -0.382. The van der Waals surface area contributed by atoms with Crippen molar-refractivity contribution in [1.82, 2.24) is 0 Å². The number of carbonyl (C=O) groups excluding carboxylic acids is 2. The van der Waals surface area contributed by atoms with Gasteiger partial charge in [0.15, 0.2) is 0 Å². The van der Waals surface area contributed by atoms with Crippen molar-refractivity contribution < 1.29 is 14.3 Å². The summed E-state index contributed by atoms with van der Waals surface area (Å²) in [6, 6.07) is 14.2. The zero-order chi connectivity index (χ0) is 18.7. The van der Waals surface area contributed by atoms with Gasteiger partial charge < -0.3 is 15.0 Å². The van der Waals surface area contributed by atoms with E-state index in [0.29, 0.717) is 23.5 Å². The highest BCUT2D eigenvalue weighted by atomic mass is 79.9. The topological polar surface area (TPSA) is 82.4 Å². The molecule has 1 saturated heterocycles. The van der Waals surface area contributed by atoms with Crippen LogP contribution in [0.25, 0.3) is 0 Å². The first-order chi connectivity index (χ1) is 12.5. The molecule has 3 rings (SSSR count). The Morgan fingerprint density at radius 3 is 2.85 bits per heavy atom. The predicted molar refractivity (Wildman–Crippen MR) is 101 cm³/mol. The van der Waals surface area contributed by atoms with E-state index >= 15 is 0 Å². The maximum atomic E-state index is 12.6. The maximum Gasteiger partial charge on any atom is 0.229 e. The maximum absolute atomic E-state index is 12.6. The molecule has 26 heavy (non-hydrogen) atoms. The fourth-order valence-electron chi connectivity index (χ4n) is 2.89. The van der Waals surface area contributed by atoms with Crippen LogP contribution in [-0.2, 0) is 9.59 Å². The molecule has 0 saturated carbocycles. The number of halogens is 1. The Balaban J connectivity index is 1.76. The standard InChI is InChI=1S/C19H16BrN3O3/c1-26-17-6-5-12(10-21)7-16(17)22-19(25)13-8-18(24)23(11-13)15-4-2-3-14(20)9-15/h2-7,9,13H,8,11H2,1H3,(H,22,25). The highest BCUT2D eigenvalue weighted by molar-refractivity contribution is 9.10. The van der Waals surface area contributed by atoms with E-state index in [1.165, 1.54) is 7.11 Å². The molecule has 7 heteroatoms. The Labute approximate surface area is 159 Å². The number of anilines is 2. The summed E-state index contributed by atoms with van der Waals surface area (Å²) < 4.78 is 6.10. The van der Waals surface area contributed by atoms with Gasteiger partial charge in [-0.2, -0.15) is 5.26 Å². The number of nitrogens with one attached hydrogen (secondary N) is 1. The molecule has 1 heterocycles. The lowest BCUT2D eigenvalue weighted by Crippen LogP contribution is -2.28. The van der Waals surface area contributed by atoms with Gasteiger partial charge in [-0.1, -0.05) is 22.0 Å². The van der Waals surface area contributed by atoms with Crippen LogP contribution in [0.1, 0.15) is 12.0 Å². The van der Waals surface area contributed by atoms with Crippen molar-refractivity contribution >= 4 is 39.1 Å². The Morgan fingerprint density at radius 2 is 2.15 bits per heavy atom. The molecule has 2 amide bonds. The normalized spacial score (nSPS) is 16.3. The summed E-state index contributed by atoms with van der Waals surface area (Å²) in [7, 11) is 1.49. The number of nitrogens with zero attached hydrogens (tertiary/aromatic N) is 2. The second-order valence-corrected chi connectivity index (χ2v) is 6.82. The van der Waals surface area contributed by atoms with Crippen LogP contribution >= 0.6 is 15.9 Å². The SMILES string of the molecule is COc1ccc(C#N)cc1NC(=O)C1CC(=O)N(c2cccc(Br)c2)C1. The van der Waals surface area contributed by atoms with E-state index in [-0.39, 0.29) is 18.2 Å². The molecule has 1 unspecified atom stereocenters. The first-order valence-corrected chi connectivity index (χ1v) is 8.76. The van der Waals surface area contributed by atoms with Crippen LogP contribution in [0.2, 0.25) is 0 Å². The van der Waals surface area contributed by atoms with E-state index in [9.17, 15) is 9.59 Å². The molecule has 1 aliphatic heterocycles. The van der Waals surface area contributed by atoms with Crippen molar-refractivity contribution in [3.63, 3.8) is 0 Å². The first kappa shape index (κ1) is 18.0. The van der Waals surface area contributed by atoms with Gasteiger partial charge in [-0.3, -0.25) is 9.59 Å². The second kappa shape index (κ2) is 7.58. The van der Waals surface area contributed by atoms with Crippen LogP contribution in [0, 0.1) is 17.2 Å². The summed E-state index contributed by atoms with van der Waals surface area (Å²) in [4.78, 5) is 26.6. The lowest BCUT2D eigenvalue weighted by Gasteiger charge is -2.17. The second-order valence-electron chi connectivity index (χ2n) is 5.90. The third-order valence-electron chi connectivity index (χ3n) is 4.20. The van der Waals surface area contributed by atoms with Crippen LogP contribution in [-0.4, -0.2) is 25.5 Å². The minimum Gasteiger partial charge on any atom is -0.495 e. The van der Waals surface area contributed by atoms with Gasteiger partial charge in [0, 0.05) is 23.1 Å². The van der Waals surface area contributed by atoms with Crippen LogP contribution < -0.4 is 15.0 Å². The highest BCUT2D eigenvalue weighted by Gasteiger charge is 2.35. The smallest absolute Gasteiger partial charge is 0.229 e. The van der Waals surface area contributed by atoms with Crippen molar-refractivity contribution in [1.29, 1.82) is 5.26 Å². The average Bonchev–Trinajstić information content (AvgIpc) is 3.03. The summed E-state index contributed by atoms with van der Waals surface area (Å²) in [5, 5.41) is 11.8. The van der Waals surface area contributed by atoms with Crippen molar-refractivity contribution in [3.05, 3.63) is 52.5 Å². The average molecular weight is 414 g/mol. The van der Waals surface area contributed by atoms with Crippen molar-refractivity contribution in [2.45, 2.75) is 6.42 Å². The quantitative estimate of drug-likeness (QED) is 0.832. The number of ether oxygens (including phenoxy) is 1. The van der Waals surface area contributed by atoms with E-state index in [1.54, 1.807) is 23.1 Å². The summed E-state index contributed by atoms with van der Waals surface area (Å²) in [6.07, 6.45) is 0.138. The molecular formula is C19H16BrN3O3. The van der Waals surface area contributed by atoms with Gasteiger partial charge in [0.25, 0.3) is 0 Å². The molecule has 0 spiro atoms. The van der Waals surface area contributed by atoms with Crippen LogP contribution in [0.15, 0.2) is 46.9 Å². The molecule has 0 aliphatic carbocycles. The van der Waals surface area contributed by atoms with E-state index in [1.807, 2.05) is 30.3 Å². The van der Waals surface area contributed by atoms with Gasteiger partial charge in [-0.05, 0) is 36.4 Å².